The summed E-state index contributed by atoms with van der Waals surface area (Å²) in [5.74, 6) is -0.357. The second-order valence-electron chi connectivity index (χ2n) is 3.12. The fraction of sp³-hybridized carbons (Fsp3) is 0.400. The molecule has 0 heterocycles. The lowest BCUT2D eigenvalue weighted by atomic mass is 10.0. The number of rotatable bonds is 4. The molecule has 0 bridgehead atoms. The number of hydrogen-bond donors (Lipinski definition) is 3. The monoisotopic (exact) mass is 199 g/mol. The highest BCUT2D eigenvalue weighted by molar-refractivity contribution is 5.19. The van der Waals surface area contributed by atoms with Crippen molar-refractivity contribution in [2.24, 2.45) is 0 Å². The van der Waals surface area contributed by atoms with Gasteiger partial charge in [-0.15, -0.1) is 0 Å². The maximum absolute atomic E-state index is 12.5. The zero-order chi connectivity index (χ0) is 10.6. The third-order valence-corrected chi connectivity index (χ3v) is 1.99. The quantitative estimate of drug-likeness (QED) is 0.659. The van der Waals surface area contributed by atoms with Gasteiger partial charge in [0, 0.05) is 6.54 Å². The first kappa shape index (κ1) is 11.1. The second kappa shape index (κ2) is 5.05. The minimum atomic E-state index is -0.983. The minimum absolute atomic E-state index is 0.290. The normalized spacial score (nSPS) is 15.1. The van der Waals surface area contributed by atoms with Crippen LogP contribution in [0.1, 0.15) is 11.7 Å². The van der Waals surface area contributed by atoms with Crippen molar-refractivity contribution < 1.29 is 14.6 Å². The van der Waals surface area contributed by atoms with E-state index in [2.05, 4.69) is 5.32 Å². The molecule has 1 aromatic carbocycles. The van der Waals surface area contributed by atoms with Gasteiger partial charge >= 0.3 is 0 Å². The van der Waals surface area contributed by atoms with Gasteiger partial charge < -0.3 is 15.5 Å². The van der Waals surface area contributed by atoms with E-state index in [4.69, 9.17) is 0 Å². The van der Waals surface area contributed by atoms with Crippen LogP contribution in [0.15, 0.2) is 24.3 Å². The van der Waals surface area contributed by atoms with Crippen molar-refractivity contribution in [3.63, 3.8) is 0 Å². The Bertz CT molecular complexity index is 276. The Hall–Kier alpha value is -0.970. The highest BCUT2D eigenvalue weighted by Crippen LogP contribution is 2.16. The van der Waals surface area contributed by atoms with Crippen molar-refractivity contribution in [2.45, 2.75) is 12.2 Å². The average Bonchev–Trinajstić information content (AvgIpc) is 2.18. The van der Waals surface area contributed by atoms with E-state index < -0.39 is 12.2 Å². The van der Waals surface area contributed by atoms with Crippen molar-refractivity contribution in [3.8, 4) is 0 Å². The van der Waals surface area contributed by atoms with E-state index in [0.717, 1.165) is 0 Å². The topological polar surface area (TPSA) is 52.5 Å². The van der Waals surface area contributed by atoms with E-state index in [1.54, 1.807) is 7.05 Å². The van der Waals surface area contributed by atoms with Crippen LogP contribution < -0.4 is 5.32 Å². The first-order chi connectivity index (χ1) is 6.65. The summed E-state index contributed by atoms with van der Waals surface area (Å²) in [5, 5.41) is 21.8. The number of aliphatic hydroxyl groups is 2. The molecule has 0 spiro atoms. The van der Waals surface area contributed by atoms with E-state index in [1.165, 1.54) is 24.3 Å². The molecule has 0 saturated carbocycles. The molecule has 0 aromatic heterocycles. The minimum Gasteiger partial charge on any atom is -0.389 e. The molecule has 1 rings (SSSR count). The van der Waals surface area contributed by atoms with Gasteiger partial charge in [-0.05, 0) is 24.7 Å². The van der Waals surface area contributed by atoms with Crippen molar-refractivity contribution in [1.29, 1.82) is 0 Å². The Morgan fingerprint density at radius 2 is 1.86 bits per heavy atom. The molecule has 3 N–H and O–H groups in total. The van der Waals surface area contributed by atoms with Gasteiger partial charge in [0.1, 0.15) is 11.9 Å². The largest absolute Gasteiger partial charge is 0.389 e. The molecular weight excluding hydrogens is 185 g/mol. The Balaban J connectivity index is 2.68. The lowest BCUT2D eigenvalue weighted by Crippen LogP contribution is -2.29. The zero-order valence-corrected chi connectivity index (χ0v) is 7.94. The highest BCUT2D eigenvalue weighted by Gasteiger charge is 2.16. The van der Waals surface area contributed by atoms with Crippen LogP contribution in [-0.4, -0.2) is 29.9 Å². The van der Waals surface area contributed by atoms with E-state index in [-0.39, 0.29) is 5.82 Å². The van der Waals surface area contributed by atoms with E-state index in [0.29, 0.717) is 12.1 Å². The molecule has 0 saturated heterocycles. The third-order valence-electron chi connectivity index (χ3n) is 1.99. The van der Waals surface area contributed by atoms with Gasteiger partial charge in [0.2, 0.25) is 0 Å². The van der Waals surface area contributed by atoms with Gasteiger partial charge in [0.05, 0.1) is 6.10 Å². The van der Waals surface area contributed by atoms with Crippen LogP contribution in [0.2, 0.25) is 0 Å². The molecule has 0 aliphatic carbocycles. The molecule has 0 aliphatic heterocycles. The number of aliphatic hydroxyl groups excluding tert-OH is 2. The summed E-state index contributed by atoms with van der Waals surface area (Å²) in [7, 11) is 1.68. The number of likely N-dealkylation sites (N-methyl/N-ethyl adjacent to an activating group) is 1. The van der Waals surface area contributed by atoms with E-state index in [1.807, 2.05) is 0 Å². The molecule has 0 amide bonds. The molecule has 2 unspecified atom stereocenters. The van der Waals surface area contributed by atoms with E-state index in [9.17, 15) is 14.6 Å². The number of nitrogens with one attached hydrogen (secondary N) is 1. The summed E-state index contributed by atoms with van der Waals surface area (Å²) < 4.78 is 12.5. The Kier molecular flexibility index (Phi) is 4.00. The summed E-state index contributed by atoms with van der Waals surface area (Å²) in [6, 6.07) is 5.42. The van der Waals surface area contributed by atoms with Crippen LogP contribution in [0.3, 0.4) is 0 Å². The number of halogens is 1. The van der Waals surface area contributed by atoms with Crippen molar-refractivity contribution in [3.05, 3.63) is 35.6 Å². The predicted molar refractivity (Wildman–Crippen MR) is 51.3 cm³/mol. The predicted octanol–water partition coefficient (Wildman–Crippen LogP) is 0.439. The third kappa shape index (κ3) is 2.77. The molecule has 0 aliphatic rings. The van der Waals surface area contributed by atoms with Crippen LogP contribution in [0.25, 0.3) is 0 Å². The van der Waals surface area contributed by atoms with Crippen LogP contribution in [-0.2, 0) is 0 Å². The highest BCUT2D eigenvalue weighted by atomic mass is 19.1. The smallest absolute Gasteiger partial charge is 0.123 e. The summed E-state index contributed by atoms with van der Waals surface area (Å²) in [6.45, 7) is 0.290. The molecule has 3 nitrogen and oxygen atoms in total. The maximum Gasteiger partial charge on any atom is 0.123 e. The number of benzene rings is 1. The summed E-state index contributed by atoms with van der Waals surface area (Å²) in [6.07, 6.45) is -1.87. The van der Waals surface area contributed by atoms with Crippen molar-refractivity contribution in [1.82, 2.24) is 5.32 Å². The molecule has 2 atom stereocenters. The average molecular weight is 199 g/mol. The molecule has 1 aromatic rings. The van der Waals surface area contributed by atoms with E-state index >= 15 is 0 Å². The standard InChI is InChI=1S/C10H14FNO2/c1-12-6-9(13)10(14)7-2-4-8(11)5-3-7/h2-5,9-10,12-14H,6H2,1H3. The molecule has 0 fully saturated rings. The van der Waals surface area contributed by atoms with Crippen molar-refractivity contribution >= 4 is 0 Å². The molecule has 78 valence electrons. The first-order valence-corrected chi connectivity index (χ1v) is 4.41. The molecule has 0 radical (unpaired) electrons. The number of hydrogen-bond acceptors (Lipinski definition) is 3. The summed E-state index contributed by atoms with van der Waals surface area (Å²) in [4.78, 5) is 0. The fourth-order valence-corrected chi connectivity index (χ4v) is 1.20. The summed E-state index contributed by atoms with van der Waals surface area (Å²) >= 11 is 0. The Morgan fingerprint density at radius 1 is 1.29 bits per heavy atom. The summed E-state index contributed by atoms with van der Waals surface area (Å²) in [5.41, 5.74) is 0.508. The zero-order valence-electron chi connectivity index (χ0n) is 7.94. The molecular formula is C10H14FNO2. The Labute approximate surface area is 82.2 Å². The Morgan fingerprint density at radius 3 is 2.36 bits per heavy atom. The van der Waals surface area contributed by atoms with Gasteiger partial charge in [-0.25, -0.2) is 4.39 Å². The van der Waals surface area contributed by atoms with Gasteiger partial charge in [0.25, 0.3) is 0 Å². The van der Waals surface area contributed by atoms with Gasteiger partial charge in [-0.1, -0.05) is 12.1 Å². The fourth-order valence-electron chi connectivity index (χ4n) is 1.20. The van der Waals surface area contributed by atoms with Crippen LogP contribution >= 0.6 is 0 Å². The SMILES string of the molecule is CNCC(O)C(O)c1ccc(F)cc1. The lowest BCUT2D eigenvalue weighted by molar-refractivity contribution is 0.0202. The van der Waals surface area contributed by atoms with Gasteiger partial charge in [-0.3, -0.25) is 0 Å². The van der Waals surface area contributed by atoms with Gasteiger partial charge in [0.15, 0.2) is 0 Å². The maximum atomic E-state index is 12.5. The van der Waals surface area contributed by atoms with Crippen LogP contribution in [0, 0.1) is 5.82 Å². The van der Waals surface area contributed by atoms with Crippen LogP contribution in [0.5, 0.6) is 0 Å². The second-order valence-corrected chi connectivity index (χ2v) is 3.12. The van der Waals surface area contributed by atoms with Crippen molar-refractivity contribution in [2.75, 3.05) is 13.6 Å². The molecule has 4 heteroatoms. The van der Waals surface area contributed by atoms with Gasteiger partial charge in [-0.2, -0.15) is 0 Å². The lowest BCUT2D eigenvalue weighted by Gasteiger charge is -2.17. The molecule has 14 heavy (non-hydrogen) atoms. The van der Waals surface area contributed by atoms with Crippen LogP contribution in [0.4, 0.5) is 4.39 Å². The first-order valence-electron chi connectivity index (χ1n) is 4.41.